The molecule has 1 heterocycles. The smallest absolute Gasteiger partial charge is 0.172 e. The van der Waals surface area contributed by atoms with Crippen molar-refractivity contribution in [2.24, 2.45) is 0 Å². The molecule has 0 atom stereocenters. The van der Waals surface area contributed by atoms with Gasteiger partial charge >= 0.3 is 0 Å². The zero-order chi connectivity index (χ0) is 14.2. The summed E-state index contributed by atoms with van der Waals surface area (Å²) in [6.07, 6.45) is 0.736. The Balaban J connectivity index is 2.65. The lowest BCUT2D eigenvalue weighted by atomic mass is 9.90. The summed E-state index contributed by atoms with van der Waals surface area (Å²) in [6, 6.07) is 5.67. The van der Waals surface area contributed by atoms with Gasteiger partial charge in [0, 0.05) is 10.4 Å². The van der Waals surface area contributed by atoms with Crippen LogP contribution in [0.3, 0.4) is 0 Å². The number of carbonyl (C=O) groups is 1. The van der Waals surface area contributed by atoms with Gasteiger partial charge in [0.1, 0.15) is 5.69 Å². The summed E-state index contributed by atoms with van der Waals surface area (Å²) in [7, 11) is 0. The van der Waals surface area contributed by atoms with Gasteiger partial charge in [-0.1, -0.05) is 43.7 Å². The average molecular weight is 278 g/mol. The second kappa shape index (κ2) is 4.78. The standard InChI is InChI=1S/C14H16ClN3O/c1-9-5-6-10(7-11(9)15)18-13(14(2,3)4)12(8-19)16-17-18/h5-8H,1-4H3. The van der Waals surface area contributed by atoms with Crippen molar-refractivity contribution in [2.45, 2.75) is 33.1 Å². The quantitative estimate of drug-likeness (QED) is 0.791. The summed E-state index contributed by atoms with van der Waals surface area (Å²) in [6.45, 7) is 8.00. The fraction of sp³-hybridized carbons (Fsp3) is 0.357. The van der Waals surface area contributed by atoms with Crippen LogP contribution in [0.5, 0.6) is 0 Å². The van der Waals surface area contributed by atoms with E-state index in [1.54, 1.807) is 4.68 Å². The molecule has 0 spiro atoms. The van der Waals surface area contributed by atoms with E-state index in [4.69, 9.17) is 11.6 Å². The van der Waals surface area contributed by atoms with Gasteiger partial charge in [-0.15, -0.1) is 5.10 Å². The van der Waals surface area contributed by atoms with E-state index >= 15 is 0 Å². The van der Waals surface area contributed by atoms with Crippen molar-refractivity contribution in [3.63, 3.8) is 0 Å². The van der Waals surface area contributed by atoms with Crippen molar-refractivity contribution in [3.05, 3.63) is 40.2 Å². The molecular formula is C14H16ClN3O. The van der Waals surface area contributed by atoms with Gasteiger partial charge < -0.3 is 0 Å². The lowest BCUT2D eigenvalue weighted by Gasteiger charge is -2.20. The monoisotopic (exact) mass is 277 g/mol. The van der Waals surface area contributed by atoms with Crippen molar-refractivity contribution in [3.8, 4) is 5.69 Å². The van der Waals surface area contributed by atoms with Crippen LogP contribution in [0.25, 0.3) is 5.69 Å². The average Bonchev–Trinajstić information content (AvgIpc) is 2.76. The van der Waals surface area contributed by atoms with Gasteiger partial charge in [-0.25, -0.2) is 4.68 Å². The maximum atomic E-state index is 11.1. The molecule has 100 valence electrons. The number of aldehydes is 1. The number of aryl methyl sites for hydroxylation is 1. The molecule has 0 aliphatic carbocycles. The van der Waals surface area contributed by atoms with E-state index in [2.05, 4.69) is 10.3 Å². The molecule has 2 aromatic rings. The van der Waals surface area contributed by atoms with E-state index in [9.17, 15) is 4.79 Å². The minimum atomic E-state index is -0.239. The third kappa shape index (κ3) is 2.54. The molecular weight excluding hydrogens is 262 g/mol. The number of nitrogens with zero attached hydrogens (tertiary/aromatic N) is 3. The Morgan fingerprint density at radius 3 is 2.53 bits per heavy atom. The molecule has 0 saturated carbocycles. The number of halogens is 1. The highest BCUT2D eigenvalue weighted by molar-refractivity contribution is 6.31. The molecule has 4 nitrogen and oxygen atoms in total. The van der Waals surface area contributed by atoms with Gasteiger partial charge in [-0.3, -0.25) is 4.79 Å². The zero-order valence-electron chi connectivity index (χ0n) is 11.4. The Bertz CT molecular complexity index is 626. The number of hydrogen-bond donors (Lipinski definition) is 0. The number of carbonyl (C=O) groups excluding carboxylic acids is 1. The van der Waals surface area contributed by atoms with Crippen molar-refractivity contribution >= 4 is 17.9 Å². The summed E-state index contributed by atoms with van der Waals surface area (Å²) in [5.41, 5.74) is 2.71. The molecule has 19 heavy (non-hydrogen) atoms. The first-order valence-corrected chi connectivity index (χ1v) is 6.40. The predicted octanol–water partition coefficient (Wildman–Crippen LogP) is 3.34. The first kappa shape index (κ1) is 13.7. The number of hydrogen-bond acceptors (Lipinski definition) is 3. The molecule has 1 aromatic heterocycles. The third-order valence-corrected chi connectivity index (χ3v) is 3.33. The van der Waals surface area contributed by atoms with E-state index in [1.807, 2.05) is 45.9 Å². The Kier molecular flexibility index (Phi) is 3.45. The number of aromatic nitrogens is 3. The lowest BCUT2D eigenvalue weighted by Crippen LogP contribution is -2.19. The maximum Gasteiger partial charge on any atom is 0.172 e. The molecule has 0 aliphatic rings. The molecule has 0 fully saturated rings. The highest BCUT2D eigenvalue weighted by Gasteiger charge is 2.25. The normalized spacial score (nSPS) is 11.6. The van der Waals surface area contributed by atoms with Gasteiger partial charge in [0.2, 0.25) is 0 Å². The fourth-order valence-corrected chi connectivity index (χ4v) is 2.14. The summed E-state index contributed by atoms with van der Waals surface area (Å²) >= 11 is 6.14. The van der Waals surface area contributed by atoms with Gasteiger partial charge in [-0.05, 0) is 24.6 Å². The van der Waals surface area contributed by atoms with Crippen LogP contribution in [0.15, 0.2) is 18.2 Å². The first-order valence-electron chi connectivity index (χ1n) is 6.02. The molecule has 0 saturated heterocycles. The van der Waals surface area contributed by atoms with E-state index in [0.29, 0.717) is 10.7 Å². The highest BCUT2D eigenvalue weighted by atomic mass is 35.5. The molecule has 2 rings (SSSR count). The van der Waals surface area contributed by atoms with E-state index in [1.165, 1.54) is 0 Å². The summed E-state index contributed by atoms with van der Waals surface area (Å²) < 4.78 is 1.68. The molecule has 0 N–H and O–H groups in total. The molecule has 0 amide bonds. The highest BCUT2D eigenvalue weighted by Crippen LogP contribution is 2.27. The number of benzene rings is 1. The van der Waals surface area contributed by atoms with Crippen LogP contribution in [0, 0.1) is 6.92 Å². The lowest BCUT2D eigenvalue weighted by molar-refractivity contribution is 0.111. The van der Waals surface area contributed by atoms with Crippen LogP contribution in [0.2, 0.25) is 5.02 Å². The Hall–Kier alpha value is -1.68. The van der Waals surface area contributed by atoms with Crippen LogP contribution < -0.4 is 0 Å². The zero-order valence-corrected chi connectivity index (χ0v) is 12.2. The SMILES string of the molecule is Cc1ccc(-n2nnc(C=O)c2C(C)(C)C)cc1Cl. The van der Waals surface area contributed by atoms with E-state index in [0.717, 1.165) is 23.2 Å². The molecule has 0 radical (unpaired) electrons. The van der Waals surface area contributed by atoms with Gasteiger partial charge in [-0.2, -0.15) is 0 Å². The Morgan fingerprint density at radius 1 is 1.32 bits per heavy atom. The fourth-order valence-electron chi connectivity index (χ4n) is 1.97. The molecule has 5 heteroatoms. The van der Waals surface area contributed by atoms with Crippen LogP contribution in [-0.4, -0.2) is 21.3 Å². The predicted molar refractivity (Wildman–Crippen MR) is 75.2 cm³/mol. The minimum Gasteiger partial charge on any atom is -0.296 e. The summed E-state index contributed by atoms with van der Waals surface area (Å²) in [4.78, 5) is 11.1. The largest absolute Gasteiger partial charge is 0.296 e. The second-order valence-corrected chi connectivity index (χ2v) is 5.94. The van der Waals surface area contributed by atoms with Gasteiger partial charge in [0.05, 0.1) is 11.4 Å². The third-order valence-electron chi connectivity index (χ3n) is 2.92. The number of rotatable bonds is 2. The van der Waals surface area contributed by atoms with Crippen LogP contribution in [0.1, 0.15) is 42.5 Å². The van der Waals surface area contributed by atoms with Crippen molar-refractivity contribution in [1.29, 1.82) is 0 Å². The molecule has 0 unspecified atom stereocenters. The Morgan fingerprint density at radius 2 is 2.00 bits per heavy atom. The van der Waals surface area contributed by atoms with Crippen LogP contribution in [0.4, 0.5) is 0 Å². The first-order chi connectivity index (χ1) is 8.84. The van der Waals surface area contributed by atoms with E-state index < -0.39 is 0 Å². The van der Waals surface area contributed by atoms with Gasteiger partial charge in [0.15, 0.2) is 6.29 Å². The summed E-state index contributed by atoms with van der Waals surface area (Å²) in [5, 5.41) is 8.67. The summed E-state index contributed by atoms with van der Waals surface area (Å²) in [5.74, 6) is 0. The Labute approximate surface area is 117 Å². The minimum absolute atomic E-state index is 0.239. The van der Waals surface area contributed by atoms with Crippen LogP contribution in [-0.2, 0) is 5.41 Å². The van der Waals surface area contributed by atoms with Crippen molar-refractivity contribution in [2.75, 3.05) is 0 Å². The molecule has 0 bridgehead atoms. The van der Waals surface area contributed by atoms with Crippen LogP contribution >= 0.6 is 11.6 Å². The topological polar surface area (TPSA) is 47.8 Å². The van der Waals surface area contributed by atoms with Crippen molar-refractivity contribution in [1.82, 2.24) is 15.0 Å². The van der Waals surface area contributed by atoms with E-state index in [-0.39, 0.29) is 5.41 Å². The maximum absolute atomic E-state index is 11.1. The van der Waals surface area contributed by atoms with Gasteiger partial charge in [0.25, 0.3) is 0 Å². The molecule has 0 aliphatic heterocycles. The molecule has 1 aromatic carbocycles. The second-order valence-electron chi connectivity index (χ2n) is 5.54. The van der Waals surface area contributed by atoms with Crippen molar-refractivity contribution < 1.29 is 4.79 Å².